The summed E-state index contributed by atoms with van der Waals surface area (Å²) < 4.78 is 27.7. The van der Waals surface area contributed by atoms with Gasteiger partial charge in [-0.05, 0) is 29.5 Å². The Labute approximate surface area is 117 Å². The molecule has 0 radical (unpaired) electrons. The van der Waals surface area contributed by atoms with Crippen molar-refractivity contribution in [1.82, 2.24) is 4.72 Å². The van der Waals surface area contributed by atoms with Crippen molar-refractivity contribution in [2.45, 2.75) is 33.1 Å². The Kier molecular flexibility index (Phi) is 4.47. The Hall–Kier alpha value is -1.27. The minimum absolute atomic E-state index is 0.0228. The number of aryl methyl sites for hydroxylation is 1. The summed E-state index contributed by atoms with van der Waals surface area (Å²) in [6.45, 7) is 7.96. The highest BCUT2D eigenvalue weighted by molar-refractivity contribution is 8.12. The smallest absolute Gasteiger partial charge is 0.409 e. The van der Waals surface area contributed by atoms with E-state index < -0.39 is 15.3 Å². The maximum absolute atomic E-state index is 11.3. The fraction of sp³-hybridized carbons (Fsp3) is 0.417. The molecule has 0 spiro atoms. The zero-order chi connectivity index (χ0) is 14.8. The molecule has 1 amide bonds. The zero-order valence-corrected chi connectivity index (χ0v) is 12.7. The Morgan fingerprint density at radius 1 is 1.32 bits per heavy atom. The summed E-state index contributed by atoms with van der Waals surface area (Å²) in [5.74, 6) is 0.283. The lowest BCUT2D eigenvalue weighted by atomic mass is 9.86. The lowest BCUT2D eigenvalue weighted by Crippen LogP contribution is -2.29. The van der Waals surface area contributed by atoms with Gasteiger partial charge >= 0.3 is 15.3 Å². The molecule has 0 aliphatic rings. The normalized spacial score (nSPS) is 12.1. The van der Waals surface area contributed by atoms with Gasteiger partial charge in [0.25, 0.3) is 0 Å². The number of amides is 1. The molecule has 0 unspecified atom stereocenters. The van der Waals surface area contributed by atoms with Crippen molar-refractivity contribution >= 4 is 26.0 Å². The second kappa shape index (κ2) is 5.38. The molecule has 0 saturated carbocycles. The topological polar surface area (TPSA) is 72.5 Å². The first-order chi connectivity index (χ1) is 8.49. The van der Waals surface area contributed by atoms with Crippen molar-refractivity contribution in [3.05, 3.63) is 29.3 Å². The number of carbonyl (C=O) groups is 1. The molecule has 0 aromatic heterocycles. The first-order valence-electron chi connectivity index (χ1n) is 5.54. The molecule has 5 nitrogen and oxygen atoms in total. The van der Waals surface area contributed by atoms with Crippen molar-refractivity contribution < 1.29 is 17.9 Å². The third-order valence-electron chi connectivity index (χ3n) is 2.45. The van der Waals surface area contributed by atoms with E-state index in [-0.39, 0.29) is 11.2 Å². The molecular weight excluding hydrogens is 290 g/mol. The van der Waals surface area contributed by atoms with Crippen LogP contribution in [0.25, 0.3) is 0 Å². The number of halogens is 1. The molecule has 1 aromatic carbocycles. The molecule has 1 aromatic rings. The minimum Gasteiger partial charge on any atom is -0.409 e. The number of carbonyl (C=O) groups excluding carboxylic acids is 1. The number of rotatable bonds is 2. The summed E-state index contributed by atoms with van der Waals surface area (Å²) in [4.78, 5) is 11.3. The summed E-state index contributed by atoms with van der Waals surface area (Å²) >= 11 is 0. The lowest BCUT2D eigenvalue weighted by Gasteiger charge is -2.20. The van der Waals surface area contributed by atoms with Crippen LogP contribution in [0.15, 0.2) is 18.2 Å². The van der Waals surface area contributed by atoms with Gasteiger partial charge in [-0.15, -0.1) is 0 Å². The largest absolute Gasteiger partial charge is 0.427 e. The standard InChI is InChI=1S/C12H16ClNO4S/c1-8-7-9(12(2,3)4)5-6-10(8)18-11(15)14-19(13,16)17/h5-7H,1-4H3,(H,14,15). The number of ether oxygens (including phenoxy) is 1. The van der Waals surface area contributed by atoms with Crippen molar-refractivity contribution in [1.29, 1.82) is 0 Å². The van der Waals surface area contributed by atoms with Crippen LogP contribution in [0.1, 0.15) is 31.9 Å². The molecule has 0 bridgehead atoms. The highest BCUT2D eigenvalue weighted by atomic mass is 35.7. The molecule has 0 aliphatic heterocycles. The number of nitrogens with one attached hydrogen (secondary N) is 1. The van der Waals surface area contributed by atoms with Crippen LogP contribution >= 0.6 is 10.7 Å². The third kappa shape index (κ3) is 5.08. The molecular formula is C12H16ClNO4S. The van der Waals surface area contributed by atoms with Crippen LogP contribution in [0.4, 0.5) is 4.79 Å². The summed E-state index contributed by atoms with van der Waals surface area (Å²) in [7, 11) is 0.739. The monoisotopic (exact) mass is 305 g/mol. The van der Waals surface area contributed by atoms with Crippen molar-refractivity contribution in [2.24, 2.45) is 0 Å². The van der Waals surface area contributed by atoms with E-state index in [0.717, 1.165) is 11.1 Å². The van der Waals surface area contributed by atoms with Crippen LogP contribution in [0.3, 0.4) is 0 Å². The quantitative estimate of drug-likeness (QED) is 0.853. The van der Waals surface area contributed by atoms with Crippen molar-refractivity contribution in [2.75, 3.05) is 0 Å². The number of hydrogen-bond donors (Lipinski definition) is 1. The van der Waals surface area contributed by atoms with E-state index in [4.69, 9.17) is 15.4 Å². The predicted octanol–water partition coefficient (Wildman–Crippen LogP) is 2.86. The molecule has 0 atom stereocenters. The van der Waals surface area contributed by atoms with Gasteiger partial charge in [-0.25, -0.2) is 9.52 Å². The second-order valence-electron chi connectivity index (χ2n) is 5.16. The Morgan fingerprint density at radius 3 is 2.32 bits per heavy atom. The van der Waals surface area contributed by atoms with Gasteiger partial charge < -0.3 is 4.74 Å². The average molecular weight is 306 g/mol. The van der Waals surface area contributed by atoms with Gasteiger partial charge in [-0.2, -0.15) is 8.42 Å². The molecule has 7 heteroatoms. The van der Waals surface area contributed by atoms with Gasteiger partial charge in [-0.3, -0.25) is 0 Å². The molecule has 0 saturated heterocycles. The summed E-state index contributed by atoms with van der Waals surface area (Å²) in [5, 5.41) is 0. The van der Waals surface area contributed by atoms with Crippen LogP contribution < -0.4 is 9.46 Å². The molecule has 0 heterocycles. The zero-order valence-electron chi connectivity index (χ0n) is 11.2. The van der Waals surface area contributed by atoms with Gasteiger partial charge in [0, 0.05) is 10.7 Å². The van der Waals surface area contributed by atoms with Crippen LogP contribution in [0, 0.1) is 6.92 Å². The number of hydrogen-bond acceptors (Lipinski definition) is 4. The SMILES string of the molecule is Cc1cc(C(C)(C)C)ccc1OC(=O)NS(=O)(=O)Cl. The highest BCUT2D eigenvalue weighted by Gasteiger charge is 2.17. The second-order valence-corrected chi connectivity index (χ2v) is 7.46. The van der Waals surface area contributed by atoms with Gasteiger partial charge in [0.15, 0.2) is 0 Å². The van der Waals surface area contributed by atoms with E-state index in [1.54, 1.807) is 13.0 Å². The van der Waals surface area contributed by atoms with E-state index in [1.807, 2.05) is 12.1 Å². The molecule has 0 aliphatic carbocycles. The molecule has 106 valence electrons. The first kappa shape index (κ1) is 15.8. The highest BCUT2D eigenvalue weighted by Crippen LogP contribution is 2.27. The summed E-state index contributed by atoms with van der Waals surface area (Å²) in [6.07, 6.45) is -1.14. The van der Waals surface area contributed by atoms with Crippen LogP contribution in [0.2, 0.25) is 0 Å². The minimum atomic E-state index is -4.14. The van der Waals surface area contributed by atoms with E-state index in [0.29, 0.717) is 0 Å². The Morgan fingerprint density at radius 2 is 1.89 bits per heavy atom. The van der Waals surface area contributed by atoms with Crippen LogP contribution in [-0.4, -0.2) is 14.5 Å². The maximum Gasteiger partial charge on any atom is 0.427 e. The molecule has 0 fully saturated rings. The van der Waals surface area contributed by atoms with Crippen molar-refractivity contribution in [3.8, 4) is 5.75 Å². The van der Waals surface area contributed by atoms with Gasteiger partial charge in [-0.1, -0.05) is 32.9 Å². The van der Waals surface area contributed by atoms with Crippen molar-refractivity contribution in [3.63, 3.8) is 0 Å². The Balaban J connectivity index is 2.90. The summed E-state index contributed by atoms with van der Waals surface area (Å²) in [6, 6.07) is 5.33. The molecule has 19 heavy (non-hydrogen) atoms. The molecule has 1 rings (SSSR count). The van der Waals surface area contributed by atoms with E-state index in [9.17, 15) is 13.2 Å². The fourth-order valence-electron chi connectivity index (χ4n) is 1.45. The van der Waals surface area contributed by atoms with Gasteiger partial charge in [0.2, 0.25) is 0 Å². The Bertz CT molecular complexity index is 590. The first-order valence-corrected chi connectivity index (χ1v) is 7.85. The molecule has 1 N–H and O–H groups in total. The number of benzene rings is 1. The summed E-state index contributed by atoms with van der Waals surface area (Å²) in [5.41, 5.74) is 1.79. The average Bonchev–Trinajstić information content (AvgIpc) is 2.16. The van der Waals surface area contributed by atoms with E-state index in [1.165, 1.54) is 4.72 Å². The van der Waals surface area contributed by atoms with Gasteiger partial charge in [0.05, 0.1) is 0 Å². The van der Waals surface area contributed by atoms with E-state index in [2.05, 4.69) is 20.8 Å². The third-order valence-corrected chi connectivity index (χ3v) is 3.09. The van der Waals surface area contributed by atoms with E-state index >= 15 is 0 Å². The van der Waals surface area contributed by atoms with Crippen LogP contribution in [0.5, 0.6) is 5.75 Å². The predicted molar refractivity (Wildman–Crippen MR) is 73.8 cm³/mol. The van der Waals surface area contributed by atoms with Gasteiger partial charge in [0.1, 0.15) is 5.75 Å². The fourth-order valence-corrected chi connectivity index (χ4v) is 1.88. The van der Waals surface area contributed by atoms with Crippen LogP contribution in [-0.2, 0) is 14.7 Å². The lowest BCUT2D eigenvalue weighted by molar-refractivity contribution is 0.206. The maximum atomic E-state index is 11.3.